The Morgan fingerprint density at radius 2 is 2.14 bits per heavy atom. The minimum Gasteiger partial charge on any atom is -0.461 e. The number of rotatable bonds is 7. The van der Waals surface area contributed by atoms with E-state index in [-0.39, 0.29) is 0 Å². The van der Waals surface area contributed by atoms with Gasteiger partial charge in [0.15, 0.2) is 5.69 Å². The Morgan fingerprint density at radius 3 is 2.81 bits per heavy atom. The fraction of sp³-hybridized carbons (Fsp3) is 0.571. The van der Waals surface area contributed by atoms with E-state index in [1.807, 2.05) is 10.8 Å². The average molecular weight is 291 g/mol. The van der Waals surface area contributed by atoms with Gasteiger partial charge in [-0.1, -0.05) is 18.6 Å². The first-order chi connectivity index (χ1) is 10.2. The summed E-state index contributed by atoms with van der Waals surface area (Å²) < 4.78 is 8.84. The van der Waals surface area contributed by atoms with Gasteiger partial charge in [0.25, 0.3) is 0 Å². The third-order valence-electron chi connectivity index (χ3n) is 3.24. The zero-order valence-electron chi connectivity index (χ0n) is 12.7. The number of carbonyl (C=O) groups is 1. The molecule has 7 nitrogen and oxygen atoms in total. The van der Waals surface area contributed by atoms with E-state index in [2.05, 4.69) is 29.1 Å². The summed E-state index contributed by atoms with van der Waals surface area (Å²) in [5.41, 5.74) is 2.18. The second-order valence-electron chi connectivity index (χ2n) is 4.68. The van der Waals surface area contributed by atoms with Crippen molar-refractivity contribution in [2.24, 2.45) is 0 Å². The molecule has 0 saturated carbocycles. The minimum absolute atomic E-state index is 0.321. The summed E-state index contributed by atoms with van der Waals surface area (Å²) in [4.78, 5) is 16.1. The molecule has 0 unspecified atom stereocenters. The molecular weight excluding hydrogens is 270 g/mol. The number of carbonyl (C=O) groups excluding carboxylic acids is 1. The number of nitrogens with zero attached hydrogens (tertiary/aromatic N) is 5. The highest BCUT2D eigenvalue weighted by Crippen LogP contribution is 2.12. The molecule has 0 aromatic carbocycles. The Labute approximate surface area is 123 Å². The highest BCUT2D eigenvalue weighted by molar-refractivity contribution is 5.88. The van der Waals surface area contributed by atoms with Crippen molar-refractivity contribution in [2.45, 2.75) is 46.7 Å². The maximum atomic E-state index is 11.9. The molecule has 0 aliphatic rings. The van der Waals surface area contributed by atoms with Crippen LogP contribution in [0.4, 0.5) is 0 Å². The molecule has 0 spiro atoms. The second-order valence-corrected chi connectivity index (χ2v) is 4.68. The van der Waals surface area contributed by atoms with Crippen molar-refractivity contribution in [2.75, 3.05) is 6.61 Å². The quantitative estimate of drug-likeness (QED) is 0.725. The van der Waals surface area contributed by atoms with Gasteiger partial charge in [0.2, 0.25) is 0 Å². The van der Waals surface area contributed by atoms with E-state index in [0.29, 0.717) is 18.8 Å². The summed E-state index contributed by atoms with van der Waals surface area (Å²) in [6.45, 7) is 7.63. The standard InChI is InChI=1S/C14H21N5O2/c1-4-7-12-13(14(20)21-6-3)16-17-19(12)9-11-8-15-10-18(11)5-2/h8,10H,4-7,9H2,1-3H3. The molecule has 0 fully saturated rings. The number of aryl methyl sites for hydroxylation is 1. The molecule has 2 heterocycles. The predicted octanol–water partition coefficient (Wildman–Crippen LogP) is 1.67. The van der Waals surface area contributed by atoms with Crippen LogP contribution in [0, 0.1) is 0 Å². The lowest BCUT2D eigenvalue weighted by atomic mass is 10.2. The second kappa shape index (κ2) is 7.01. The van der Waals surface area contributed by atoms with Crippen molar-refractivity contribution in [1.82, 2.24) is 24.5 Å². The van der Waals surface area contributed by atoms with Gasteiger partial charge in [-0.25, -0.2) is 14.5 Å². The molecule has 0 bridgehead atoms. The fourth-order valence-corrected chi connectivity index (χ4v) is 2.22. The smallest absolute Gasteiger partial charge is 0.360 e. The zero-order chi connectivity index (χ0) is 15.2. The van der Waals surface area contributed by atoms with Crippen LogP contribution < -0.4 is 0 Å². The molecule has 0 radical (unpaired) electrons. The molecular formula is C14H21N5O2. The van der Waals surface area contributed by atoms with Crippen LogP contribution in [0.1, 0.15) is 49.1 Å². The first kappa shape index (κ1) is 15.2. The number of hydrogen-bond acceptors (Lipinski definition) is 5. The van der Waals surface area contributed by atoms with E-state index < -0.39 is 5.97 Å². The number of imidazole rings is 1. The third-order valence-corrected chi connectivity index (χ3v) is 3.24. The van der Waals surface area contributed by atoms with Crippen LogP contribution in [0.25, 0.3) is 0 Å². The monoisotopic (exact) mass is 291 g/mol. The van der Waals surface area contributed by atoms with Gasteiger partial charge >= 0.3 is 5.97 Å². The summed E-state index contributed by atoms with van der Waals surface area (Å²) in [6, 6.07) is 0. The molecule has 0 aliphatic carbocycles. The number of hydrogen-bond donors (Lipinski definition) is 0. The van der Waals surface area contributed by atoms with Crippen LogP contribution in [-0.2, 0) is 24.2 Å². The van der Waals surface area contributed by atoms with E-state index >= 15 is 0 Å². The first-order valence-electron chi connectivity index (χ1n) is 7.29. The van der Waals surface area contributed by atoms with Crippen LogP contribution in [0.5, 0.6) is 0 Å². The van der Waals surface area contributed by atoms with Crippen LogP contribution >= 0.6 is 0 Å². The molecule has 2 rings (SSSR count). The summed E-state index contributed by atoms with van der Waals surface area (Å²) in [7, 11) is 0. The maximum Gasteiger partial charge on any atom is 0.360 e. The van der Waals surface area contributed by atoms with Gasteiger partial charge in [-0.05, 0) is 20.3 Å². The molecule has 0 aliphatic heterocycles. The molecule has 21 heavy (non-hydrogen) atoms. The molecule has 114 valence electrons. The van der Waals surface area contributed by atoms with Gasteiger partial charge in [-0.2, -0.15) is 0 Å². The summed E-state index contributed by atoms with van der Waals surface area (Å²) in [5.74, 6) is -0.406. The normalized spacial score (nSPS) is 10.8. The van der Waals surface area contributed by atoms with E-state index in [0.717, 1.165) is 30.8 Å². The largest absolute Gasteiger partial charge is 0.461 e. The van der Waals surface area contributed by atoms with E-state index in [9.17, 15) is 4.79 Å². The molecule has 0 amide bonds. The average Bonchev–Trinajstić information content (AvgIpc) is 3.07. The van der Waals surface area contributed by atoms with E-state index in [1.54, 1.807) is 17.9 Å². The van der Waals surface area contributed by atoms with Crippen molar-refractivity contribution in [3.63, 3.8) is 0 Å². The van der Waals surface area contributed by atoms with Gasteiger partial charge in [0.05, 0.1) is 37.1 Å². The lowest BCUT2D eigenvalue weighted by molar-refractivity contribution is 0.0518. The van der Waals surface area contributed by atoms with Crippen molar-refractivity contribution in [3.05, 3.63) is 29.6 Å². The van der Waals surface area contributed by atoms with Crippen LogP contribution in [-0.4, -0.2) is 37.1 Å². The Morgan fingerprint density at radius 1 is 1.33 bits per heavy atom. The molecule has 7 heteroatoms. The Kier molecular flexibility index (Phi) is 5.08. The van der Waals surface area contributed by atoms with Crippen molar-refractivity contribution in [1.29, 1.82) is 0 Å². The minimum atomic E-state index is -0.406. The molecule has 2 aromatic heterocycles. The van der Waals surface area contributed by atoms with E-state index in [1.165, 1.54) is 0 Å². The van der Waals surface area contributed by atoms with Crippen LogP contribution in [0.3, 0.4) is 0 Å². The Bertz CT molecular complexity index is 602. The van der Waals surface area contributed by atoms with Gasteiger partial charge in [-0.15, -0.1) is 5.10 Å². The maximum absolute atomic E-state index is 11.9. The van der Waals surface area contributed by atoms with Crippen molar-refractivity contribution in [3.8, 4) is 0 Å². The lowest BCUT2D eigenvalue weighted by Gasteiger charge is -2.08. The molecule has 0 saturated heterocycles. The zero-order valence-corrected chi connectivity index (χ0v) is 12.7. The highest BCUT2D eigenvalue weighted by atomic mass is 16.5. The SMILES string of the molecule is CCCc1c(C(=O)OCC)nnn1Cc1cncn1CC. The third kappa shape index (κ3) is 3.29. The van der Waals surface area contributed by atoms with Crippen LogP contribution in [0.15, 0.2) is 12.5 Å². The number of esters is 1. The number of ether oxygens (including phenoxy) is 1. The first-order valence-corrected chi connectivity index (χ1v) is 7.29. The molecule has 0 atom stereocenters. The summed E-state index contributed by atoms with van der Waals surface area (Å²) in [5, 5.41) is 8.11. The van der Waals surface area contributed by atoms with Gasteiger partial charge in [0.1, 0.15) is 0 Å². The van der Waals surface area contributed by atoms with Gasteiger partial charge in [-0.3, -0.25) is 0 Å². The topological polar surface area (TPSA) is 74.8 Å². The predicted molar refractivity (Wildman–Crippen MR) is 77.0 cm³/mol. The van der Waals surface area contributed by atoms with Gasteiger partial charge < -0.3 is 9.30 Å². The summed E-state index contributed by atoms with van der Waals surface area (Å²) >= 11 is 0. The van der Waals surface area contributed by atoms with Crippen LogP contribution in [0.2, 0.25) is 0 Å². The Hall–Kier alpha value is -2.18. The van der Waals surface area contributed by atoms with Crippen molar-refractivity contribution >= 4 is 5.97 Å². The molecule has 2 aromatic rings. The number of aromatic nitrogens is 5. The lowest BCUT2D eigenvalue weighted by Crippen LogP contribution is -2.13. The molecule has 0 N–H and O–H groups in total. The summed E-state index contributed by atoms with van der Waals surface area (Å²) in [6.07, 6.45) is 5.25. The van der Waals surface area contributed by atoms with Gasteiger partial charge in [0, 0.05) is 6.54 Å². The van der Waals surface area contributed by atoms with Crippen molar-refractivity contribution < 1.29 is 9.53 Å². The fourth-order valence-electron chi connectivity index (χ4n) is 2.22. The van der Waals surface area contributed by atoms with E-state index in [4.69, 9.17) is 4.74 Å². The highest BCUT2D eigenvalue weighted by Gasteiger charge is 2.20. The Balaban J connectivity index is 2.29.